The third kappa shape index (κ3) is 3.52. The number of hydrogen-bond acceptors (Lipinski definition) is 5. The summed E-state index contributed by atoms with van der Waals surface area (Å²) < 4.78 is 5.24. The van der Waals surface area contributed by atoms with E-state index in [1.807, 2.05) is 30.3 Å². The SMILES string of the molecule is O=C(O)C(=O)C=C(O)c1coc(Sc2ccccc2)c1. The van der Waals surface area contributed by atoms with Crippen LogP contribution in [-0.4, -0.2) is 22.0 Å². The Kier molecular flexibility index (Phi) is 4.27. The number of aliphatic carboxylic acids is 1. The molecule has 1 heterocycles. The fraction of sp³-hybridized carbons (Fsp3) is 0. The molecule has 0 fully saturated rings. The summed E-state index contributed by atoms with van der Waals surface area (Å²) in [5, 5.41) is 18.6. The predicted octanol–water partition coefficient (Wildman–Crippen LogP) is 2.98. The van der Waals surface area contributed by atoms with E-state index in [0.717, 1.165) is 4.90 Å². The molecule has 0 bridgehead atoms. The van der Waals surface area contributed by atoms with Crippen LogP contribution in [0.5, 0.6) is 0 Å². The van der Waals surface area contributed by atoms with Crippen LogP contribution in [0.4, 0.5) is 0 Å². The molecule has 1 aromatic carbocycles. The Hall–Kier alpha value is -2.47. The molecule has 1 aromatic heterocycles. The van der Waals surface area contributed by atoms with Crippen molar-refractivity contribution >= 4 is 29.3 Å². The molecule has 0 aliphatic heterocycles. The number of aliphatic hydroxyl groups is 1. The highest BCUT2D eigenvalue weighted by molar-refractivity contribution is 7.99. The van der Waals surface area contributed by atoms with E-state index >= 15 is 0 Å². The molecule has 0 radical (unpaired) electrons. The van der Waals surface area contributed by atoms with E-state index in [-0.39, 0.29) is 5.56 Å². The molecule has 2 aromatic rings. The normalized spacial score (nSPS) is 11.3. The van der Waals surface area contributed by atoms with E-state index < -0.39 is 17.5 Å². The van der Waals surface area contributed by atoms with Gasteiger partial charge in [-0.2, -0.15) is 0 Å². The van der Waals surface area contributed by atoms with Gasteiger partial charge in [0.2, 0.25) is 0 Å². The lowest BCUT2D eigenvalue weighted by atomic mass is 10.2. The van der Waals surface area contributed by atoms with Gasteiger partial charge in [0.15, 0.2) is 5.09 Å². The van der Waals surface area contributed by atoms with Crippen LogP contribution in [0.2, 0.25) is 0 Å². The summed E-state index contributed by atoms with van der Waals surface area (Å²) in [7, 11) is 0. The van der Waals surface area contributed by atoms with E-state index in [1.165, 1.54) is 24.1 Å². The van der Waals surface area contributed by atoms with Crippen molar-refractivity contribution in [3.8, 4) is 0 Å². The van der Waals surface area contributed by atoms with Gasteiger partial charge in [-0.05, 0) is 12.1 Å². The molecule has 0 atom stereocenters. The smallest absolute Gasteiger partial charge is 0.376 e. The average Bonchev–Trinajstić information content (AvgIpc) is 2.88. The van der Waals surface area contributed by atoms with Crippen molar-refractivity contribution < 1.29 is 24.2 Å². The molecule has 0 spiro atoms. The molecule has 102 valence electrons. The van der Waals surface area contributed by atoms with Crippen molar-refractivity contribution in [2.24, 2.45) is 0 Å². The van der Waals surface area contributed by atoms with E-state index in [9.17, 15) is 14.7 Å². The van der Waals surface area contributed by atoms with Gasteiger partial charge in [-0.15, -0.1) is 0 Å². The highest BCUT2D eigenvalue weighted by Crippen LogP contribution is 2.30. The summed E-state index contributed by atoms with van der Waals surface area (Å²) in [5.74, 6) is -3.26. The van der Waals surface area contributed by atoms with Crippen LogP contribution < -0.4 is 0 Å². The van der Waals surface area contributed by atoms with Crippen molar-refractivity contribution in [2.45, 2.75) is 9.99 Å². The lowest BCUT2D eigenvalue weighted by Gasteiger charge is -1.95. The summed E-state index contributed by atoms with van der Waals surface area (Å²) >= 11 is 1.34. The van der Waals surface area contributed by atoms with Crippen molar-refractivity contribution in [3.63, 3.8) is 0 Å². The zero-order valence-electron chi connectivity index (χ0n) is 10.1. The highest BCUT2D eigenvalue weighted by atomic mass is 32.2. The number of aliphatic hydroxyl groups excluding tert-OH is 1. The van der Waals surface area contributed by atoms with Crippen LogP contribution in [0.15, 0.2) is 63.1 Å². The van der Waals surface area contributed by atoms with Gasteiger partial charge in [-0.3, -0.25) is 4.79 Å². The molecule has 0 saturated heterocycles. The minimum absolute atomic E-state index is 0.248. The van der Waals surface area contributed by atoms with E-state index in [1.54, 1.807) is 0 Å². The number of carbonyl (C=O) groups is 2. The number of carbonyl (C=O) groups excluding carboxylic acids is 1. The first kappa shape index (κ1) is 14.0. The first-order valence-corrected chi connectivity index (χ1v) is 6.37. The Bertz CT molecular complexity index is 657. The molecule has 6 heteroatoms. The molecule has 0 aliphatic rings. The Morgan fingerprint density at radius 3 is 2.50 bits per heavy atom. The lowest BCUT2D eigenvalue weighted by molar-refractivity contribution is -0.146. The molecular formula is C14H10O5S. The molecule has 20 heavy (non-hydrogen) atoms. The predicted molar refractivity (Wildman–Crippen MR) is 72.5 cm³/mol. The molecule has 2 N–H and O–H groups in total. The number of benzene rings is 1. The number of hydrogen-bond donors (Lipinski definition) is 2. The average molecular weight is 290 g/mol. The second-order valence-electron chi connectivity index (χ2n) is 3.77. The van der Waals surface area contributed by atoms with Crippen molar-refractivity contribution in [2.75, 3.05) is 0 Å². The maximum absolute atomic E-state index is 11.0. The third-order valence-electron chi connectivity index (χ3n) is 2.31. The summed E-state index contributed by atoms with van der Waals surface area (Å²) in [5.41, 5.74) is 0.248. The van der Waals surface area contributed by atoms with Gasteiger partial charge in [-0.25, -0.2) is 4.79 Å². The topological polar surface area (TPSA) is 87.7 Å². The maximum atomic E-state index is 11.0. The summed E-state index contributed by atoms with van der Waals surface area (Å²) in [4.78, 5) is 22.3. The number of carboxylic acids is 1. The monoisotopic (exact) mass is 290 g/mol. The van der Waals surface area contributed by atoms with Crippen LogP contribution in [0, 0.1) is 0 Å². The molecule has 0 aliphatic carbocycles. The van der Waals surface area contributed by atoms with Gasteiger partial charge in [0, 0.05) is 17.0 Å². The van der Waals surface area contributed by atoms with Gasteiger partial charge in [-0.1, -0.05) is 30.0 Å². The minimum atomic E-state index is -1.63. The zero-order valence-corrected chi connectivity index (χ0v) is 11.0. The highest BCUT2D eigenvalue weighted by Gasteiger charge is 2.12. The van der Waals surface area contributed by atoms with Gasteiger partial charge >= 0.3 is 5.97 Å². The van der Waals surface area contributed by atoms with Gasteiger partial charge < -0.3 is 14.6 Å². The number of ketones is 1. The quantitative estimate of drug-likeness (QED) is 0.500. The second kappa shape index (κ2) is 6.12. The number of rotatable bonds is 5. The molecular weight excluding hydrogens is 280 g/mol. The summed E-state index contributed by atoms with van der Waals surface area (Å²) in [6.07, 6.45) is 1.90. The Morgan fingerprint density at radius 1 is 1.15 bits per heavy atom. The first-order valence-electron chi connectivity index (χ1n) is 5.56. The summed E-state index contributed by atoms with van der Waals surface area (Å²) in [6.45, 7) is 0. The second-order valence-corrected chi connectivity index (χ2v) is 4.85. The van der Waals surface area contributed by atoms with E-state index in [2.05, 4.69) is 0 Å². The van der Waals surface area contributed by atoms with Crippen molar-refractivity contribution in [1.82, 2.24) is 0 Å². The fourth-order valence-corrected chi connectivity index (χ4v) is 2.19. The van der Waals surface area contributed by atoms with Crippen LogP contribution in [0.25, 0.3) is 5.76 Å². The number of carboxylic acid groups (broad SMARTS) is 1. The summed E-state index contributed by atoms with van der Waals surface area (Å²) in [6, 6.07) is 11.0. The Morgan fingerprint density at radius 2 is 1.85 bits per heavy atom. The third-order valence-corrected chi connectivity index (χ3v) is 3.23. The maximum Gasteiger partial charge on any atom is 0.376 e. The minimum Gasteiger partial charge on any atom is -0.507 e. The largest absolute Gasteiger partial charge is 0.507 e. The van der Waals surface area contributed by atoms with Gasteiger partial charge in [0.05, 0.1) is 5.56 Å². The van der Waals surface area contributed by atoms with Gasteiger partial charge in [0.1, 0.15) is 12.0 Å². The van der Waals surface area contributed by atoms with Crippen molar-refractivity contribution in [1.29, 1.82) is 0 Å². The fourth-order valence-electron chi connectivity index (χ4n) is 1.38. The van der Waals surface area contributed by atoms with Crippen LogP contribution in [0.1, 0.15) is 5.56 Å². The van der Waals surface area contributed by atoms with Crippen molar-refractivity contribution in [3.05, 3.63) is 54.3 Å². The zero-order chi connectivity index (χ0) is 14.5. The van der Waals surface area contributed by atoms with Gasteiger partial charge in [0.25, 0.3) is 5.78 Å². The molecule has 0 unspecified atom stereocenters. The molecule has 0 saturated carbocycles. The number of furan rings is 1. The van der Waals surface area contributed by atoms with E-state index in [4.69, 9.17) is 9.52 Å². The Balaban J connectivity index is 2.13. The molecule has 5 nitrogen and oxygen atoms in total. The van der Waals surface area contributed by atoms with E-state index in [0.29, 0.717) is 11.2 Å². The van der Waals surface area contributed by atoms with Crippen LogP contribution in [0.3, 0.4) is 0 Å². The van der Waals surface area contributed by atoms with Crippen LogP contribution >= 0.6 is 11.8 Å². The lowest BCUT2D eigenvalue weighted by Crippen LogP contribution is -2.09. The first-order chi connectivity index (χ1) is 9.56. The standard InChI is InChI=1S/C14H10O5S/c15-11(7-12(16)14(17)18)9-6-13(19-8-9)20-10-4-2-1-3-5-10/h1-8,15H,(H,17,18). The molecule has 0 amide bonds. The Labute approximate surface area is 118 Å². The molecule has 2 rings (SSSR count). The van der Waals surface area contributed by atoms with Crippen LogP contribution in [-0.2, 0) is 9.59 Å².